The van der Waals surface area contributed by atoms with Gasteiger partial charge in [0.2, 0.25) is 0 Å². The second-order valence-corrected chi connectivity index (χ2v) is 17.6. The Balaban J connectivity index is 0.976. The summed E-state index contributed by atoms with van der Waals surface area (Å²) in [6.45, 7) is 11.2. The van der Waals surface area contributed by atoms with Crippen LogP contribution >= 0.6 is 21.6 Å². The topological polar surface area (TPSA) is 196 Å². The Morgan fingerprint density at radius 2 is 1.59 bits per heavy atom. The Labute approximate surface area is 360 Å². The van der Waals surface area contributed by atoms with E-state index in [1.54, 1.807) is 23.2 Å². The molecule has 17 nitrogen and oxygen atoms in total. The Bertz CT molecular complexity index is 2260. The average molecular weight is 875 g/mol. The number of unbranched alkanes of at least 4 members (excludes halogenated alkanes) is 2. The summed E-state index contributed by atoms with van der Waals surface area (Å²) in [6.07, 6.45) is 3.65. The van der Waals surface area contributed by atoms with Crippen LogP contribution < -0.4 is 23.8 Å². The van der Waals surface area contributed by atoms with Gasteiger partial charge in [-0.3, -0.25) is 24.7 Å². The van der Waals surface area contributed by atoms with Gasteiger partial charge < -0.3 is 38.6 Å². The number of anilines is 1. The molecule has 1 N–H and O–H groups in total. The number of hydrogen-bond acceptors (Lipinski definition) is 15. The van der Waals surface area contributed by atoms with E-state index in [1.165, 1.54) is 71.2 Å². The molecule has 0 aliphatic carbocycles. The Kier molecular flexibility index (Phi) is 13.4. The van der Waals surface area contributed by atoms with Gasteiger partial charge in [0.25, 0.3) is 17.5 Å². The molecule has 3 aromatic rings. The van der Waals surface area contributed by atoms with Crippen LogP contribution in [0.15, 0.2) is 76.9 Å². The van der Waals surface area contributed by atoms with E-state index in [9.17, 15) is 29.6 Å². The average Bonchev–Trinajstić information content (AvgIpc) is 3.79. The lowest BCUT2D eigenvalue weighted by molar-refractivity contribution is -0.385. The summed E-state index contributed by atoms with van der Waals surface area (Å²) < 4.78 is 29.2. The molecule has 19 heteroatoms. The van der Waals surface area contributed by atoms with Crippen LogP contribution in [0.3, 0.4) is 0 Å². The molecule has 4 aliphatic rings. The Hall–Kier alpha value is -5.79. The summed E-state index contributed by atoms with van der Waals surface area (Å²) in [5, 5.41) is 23.0. The first-order valence-electron chi connectivity index (χ1n) is 19.6. The lowest BCUT2D eigenvalue weighted by Gasteiger charge is -2.31. The van der Waals surface area contributed by atoms with E-state index in [-0.39, 0.29) is 65.4 Å². The minimum absolute atomic E-state index is 0.0525. The summed E-state index contributed by atoms with van der Waals surface area (Å²) in [4.78, 5) is 64.6. The molecule has 0 radical (unpaired) electrons. The zero-order valence-electron chi connectivity index (χ0n) is 33.9. The first-order chi connectivity index (χ1) is 29.4. The molecular weight excluding hydrogens is 829 g/mol. The molecular formula is C42H46N6O11S2. The molecule has 4 atom stereocenters. The van der Waals surface area contributed by atoms with E-state index in [0.29, 0.717) is 66.6 Å². The van der Waals surface area contributed by atoms with Crippen molar-refractivity contribution in [2.75, 3.05) is 52.0 Å². The third-order valence-electron chi connectivity index (χ3n) is 10.6. The van der Waals surface area contributed by atoms with Crippen LogP contribution in [0.1, 0.15) is 59.7 Å². The van der Waals surface area contributed by atoms with Crippen molar-refractivity contribution >= 4 is 62.8 Å². The number of aromatic nitrogens is 1. The number of nitrogens with zero attached hydrogens (tertiary/aromatic N) is 6. The number of aliphatic imine (C=N–C) groups is 1. The number of ether oxygens (including phenoxy) is 5. The van der Waals surface area contributed by atoms with Gasteiger partial charge in [-0.05, 0) is 68.0 Å². The highest BCUT2D eigenvalue weighted by Gasteiger charge is 2.46. The van der Waals surface area contributed by atoms with Crippen LogP contribution in [0, 0.1) is 10.1 Å². The van der Waals surface area contributed by atoms with E-state index in [2.05, 4.69) is 23.1 Å². The van der Waals surface area contributed by atoms with Crippen molar-refractivity contribution in [3.63, 3.8) is 0 Å². The summed E-state index contributed by atoms with van der Waals surface area (Å²) in [7, 11) is 5.61. The summed E-state index contributed by atoms with van der Waals surface area (Å²) >= 11 is 0. The predicted octanol–water partition coefficient (Wildman–Crippen LogP) is 7.00. The highest BCUT2D eigenvalue weighted by molar-refractivity contribution is 8.76. The Morgan fingerprint density at radius 1 is 0.934 bits per heavy atom. The fourth-order valence-electron chi connectivity index (χ4n) is 7.48. The van der Waals surface area contributed by atoms with Crippen molar-refractivity contribution in [2.24, 2.45) is 4.99 Å². The summed E-state index contributed by atoms with van der Waals surface area (Å²) in [5.41, 5.74) is 2.84. The molecule has 2 unspecified atom stereocenters. The smallest absolute Gasteiger partial charge is 0.416 e. The third kappa shape index (κ3) is 9.43. The third-order valence-corrected chi connectivity index (χ3v) is 13.3. The molecule has 2 fully saturated rings. The minimum Gasteiger partial charge on any atom is -0.493 e. The number of methoxy groups -OCH3 is 2. The van der Waals surface area contributed by atoms with Crippen molar-refractivity contribution in [1.29, 1.82) is 0 Å². The van der Waals surface area contributed by atoms with Crippen molar-refractivity contribution in [3.05, 3.63) is 88.1 Å². The summed E-state index contributed by atoms with van der Waals surface area (Å²) in [5.74, 6) is 0.954. The van der Waals surface area contributed by atoms with Crippen LogP contribution in [-0.4, -0.2) is 120 Å². The van der Waals surface area contributed by atoms with Crippen LogP contribution in [-0.2, 0) is 4.74 Å². The normalized spacial score (nSPS) is 19.7. The van der Waals surface area contributed by atoms with Gasteiger partial charge >= 0.3 is 6.09 Å². The number of fused-ring (bicyclic) bond motifs is 4. The number of amides is 3. The molecule has 2 aromatic carbocycles. The van der Waals surface area contributed by atoms with Crippen molar-refractivity contribution in [3.8, 4) is 23.0 Å². The molecule has 322 valence electrons. The maximum Gasteiger partial charge on any atom is 0.416 e. The van der Waals surface area contributed by atoms with Gasteiger partial charge in [0.1, 0.15) is 17.8 Å². The molecule has 5 heterocycles. The molecule has 61 heavy (non-hydrogen) atoms. The van der Waals surface area contributed by atoms with E-state index in [1.807, 2.05) is 6.92 Å². The summed E-state index contributed by atoms with van der Waals surface area (Å²) in [6, 6.07) is 8.46. The number of carbonyl (C=O) groups excluding carboxylic acids is 3. The predicted molar refractivity (Wildman–Crippen MR) is 230 cm³/mol. The highest BCUT2D eigenvalue weighted by atomic mass is 33.1. The largest absolute Gasteiger partial charge is 0.493 e. The van der Waals surface area contributed by atoms with Gasteiger partial charge in [-0.1, -0.05) is 35.1 Å². The van der Waals surface area contributed by atoms with Crippen LogP contribution in [0.25, 0.3) is 0 Å². The van der Waals surface area contributed by atoms with E-state index in [0.717, 1.165) is 22.5 Å². The SMILES string of the molecule is C=C1CC2C(O)N(C(=O)OC[C@H](C)SSc3ccc([N+](=O)[O-])cn3)c3cc(OCCCCCOc4cc5c(cc4OC)C(=O)N4CC(=C)C[C@H]4C=N5)c(OC)cc3C(=O)N2C1. The standard InChI is InChI=1S/C42H46N6O11S2/c1-24-13-28-20-43-31-17-36(34(55-4)15-29(31)39(49)45(28)21-24)57-11-7-6-8-12-58-37-18-32-30(16-35(37)56-5)40(50)46-22-25(2)14-33(46)41(51)47(32)42(52)59-23-26(3)60-61-38-10-9-27(19-44-38)48(53)54/h9-10,15-20,26,28,33,41,51H,1-2,6-8,11-14,21-23H2,3-5H3/t26-,28-,33?,41?/m0/s1. The lowest BCUT2D eigenvalue weighted by atomic mass is 10.1. The molecule has 0 bridgehead atoms. The maximum absolute atomic E-state index is 14.0. The second-order valence-electron chi connectivity index (χ2n) is 14.9. The van der Waals surface area contributed by atoms with Crippen LogP contribution in [0.4, 0.5) is 21.9 Å². The zero-order valence-corrected chi connectivity index (χ0v) is 35.6. The molecule has 4 aliphatic heterocycles. The number of nitro groups is 1. The number of rotatable bonds is 16. The van der Waals surface area contributed by atoms with E-state index in [4.69, 9.17) is 23.7 Å². The molecule has 7 rings (SSSR count). The van der Waals surface area contributed by atoms with E-state index < -0.39 is 29.2 Å². The molecule has 0 spiro atoms. The van der Waals surface area contributed by atoms with Crippen molar-refractivity contribution in [1.82, 2.24) is 14.8 Å². The van der Waals surface area contributed by atoms with Gasteiger partial charge in [-0.2, -0.15) is 0 Å². The number of aliphatic hydroxyl groups excluding tert-OH is 1. The van der Waals surface area contributed by atoms with Crippen molar-refractivity contribution in [2.45, 2.75) is 67.6 Å². The van der Waals surface area contributed by atoms with Gasteiger partial charge in [0.05, 0.1) is 66.9 Å². The molecule has 0 saturated carbocycles. The second kappa shape index (κ2) is 18.9. The minimum atomic E-state index is -1.46. The quantitative estimate of drug-likeness (QED) is 0.0508. The van der Waals surface area contributed by atoms with Crippen LogP contribution in [0.2, 0.25) is 0 Å². The first-order valence-corrected chi connectivity index (χ1v) is 21.8. The van der Waals surface area contributed by atoms with Gasteiger partial charge in [0.15, 0.2) is 29.2 Å². The molecule has 1 aromatic heterocycles. The van der Waals surface area contributed by atoms with Crippen LogP contribution in [0.5, 0.6) is 23.0 Å². The molecule has 3 amide bonds. The first kappa shape index (κ1) is 43.3. The molecule has 2 saturated heterocycles. The fraction of sp³-hybridized carbons (Fsp3) is 0.405. The monoisotopic (exact) mass is 874 g/mol. The van der Waals surface area contributed by atoms with Gasteiger partial charge in [0, 0.05) is 42.8 Å². The zero-order chi connectivity index (χ0) is 43.4. The van der Waals surface area contributed by atoms with Gasteiger partial charge in [-0.15, -0.1) is 0 Å². The number of benzene rings is 2. The Morgan fingerprint density at radius 3 is 2.26 bits per heavy atom. The van der Waals surface area contributed by atoms with Crippen molar-refractivity contribution < 1.29 is 48.1 Å². The fourth-order valence-corrected chi connectivity index (χ4v) is 9.34. The number of pyridine rings is 1. The number of aliphatic hydroxyl groups is 1. The van der Waals surface area contributed by atoms with Gasteiger partial charge in [-0.25, -0.2) is 14.7 Å². The maximum atomic E-state index is 14.0. The lowest BCUT2D eigenvalue weighted by Crippen LogP contribution is -2.51. The number of hydrogen-bond donors (Lipinski definition) is 1. The highest BCUT2D eigenvalue weighted by Crippen LogP contribution is 2.43. The number of carbonyl (C=O) groups is 3. The van der Waals surface area contributed by atoms with E-state index >= 15 is 0 Å².